The normalized spacial score (nSPS) is 50.9. The summed E-state index contributed by atoms with van der Waals surface area (Å²) in [6, 6.07) is 0. The van der Waals surface area contributed by atoms with Crippen molar-refractivity contribution in [3.8, 4) is 0 Å². The second kappa shape index (κ2) is 12.3. The summed E-state index contributed by atoms with van der Waals surface area (Å²) in [6.45, 7) is 21.6. The minimum absolute atomic E-state index is 0.00173. The number of morpholine rings is 1. The van der Waals surface area contributed by atoms with E-state index in [9.17, 15) is 19.0 Å². The molecule has 3 aliphatic heterocycles. The minimum atomic E-state index is -2.52. The Labute approximate surface area is 305 Å². The average molecular weight is 723 g/mol. The number of fused-ring (bicyclic) bond motifs is 4. The van der Waals surface area contributed by atoms with Crippen LogP contribution in [-0.4, -0.2) is 121 Å². The van der Waals surface area contributed by atoms with E-state index in [1.54, 1.807) is 0 Å². The molecule has 5 aliphatic carbocycles. The van der Waals surface area contributed by atoms with Gasteiger partial charge in [0.25, 0.3) is 5.92 Å². The highest BCUT2D eigenvalue weighted by Gasteiger charge is 2.84. The third-order valence-corrected chi connectivity index (χ3v) is 17.2. The number of alkyl halides is 2. The Hall–Kier alpha value is -0.460. The number of aliphatic hydroxyl groups is 2. The Kier molecular flexibility index (Phi) is 9.01. The number of halogens is 2. The molecule has 5 saturated carbocycles. The Morgan fingerprint density at radius 1 is 0.961 bits per heavy atom. The van der Waals surface area contributed by atoms with Crippen LogP contribution in [0.15, 0.2) is 0 Å². The first-order valence-corrected chi connectivity index (χ1v) is 20.6. The summed E-state index contributed by atoms with van der Waals surface area (Å²) in [5, 5.41) is 23.7. The summed E-state index contributed by atoms with van der Waals surface area (Å²) in [7, 11) is 0. The second-order valence-corrected chi connectivity index (χ2v) is 20.4. The largest absolute Gasteiger partial charge is 0.390 e. The van der Waals surface area contributed by atoms with Gasteiger partial charge in [0.15, 0.2) is 6.29 Å². The van der Waals surface area contributed by atoms with Crippen LogP contribution in [0.3, 0.4) is 0 Å². The second-order valence-electron chi connectivity index (χ2n) is 20.4. The van der Waals surface area contributed by atoms with Gasteiger partial charge in [-0.15, -0.1) is 0 Å². The predicted molar refractivity (Wildman–Crippen MR) is 190 cm³/mol. The van der Waals surface area contributed by atoms with Gasteiger partial charge in [-0.1, -0.05) is 34.6 Å². The fraction of sp³-hybridized carbons (Fsp3) is 1.00. The fourth-order valence-electron chi connectivity index (χ4n) is 14.9. The molecule has 8 rings (SSSR count). The number of likely N-dealkylation sites (tertiary alicyclic amines) is 1. The number of hydrogen-bond acceptors (Lipinski definition) is 8. The van der Waals surface area contributed by atoms with E-state index in [4.69, 9.17) is 18.9 Å². The lowest BCUT2D eigenvalue weighted by atomic mass is 9.41. The lowest BCUT2D eigenvalue weighted by Gasteiger charge is -2.64. The van der Waals surface area contributed by atoms with E-state index >= 15 is 0 Å². The van der Waals surface area contributed by atoms with Gasteiger partial charge in [0.1, 0.15) is 6.10 Å². The van der Waals surface area contributed by atoms with Gasteiger partial charge in [0, 0.05) is 38.2 Å². The first kappa shape index (κ1) is 37.5. The first-order valence-electron chi connectivity index (χ1n) is 20.6. The number of hydrogen-bond donors (Lipinski definition) is 2. The predicted octanol–water partition coefficient (Wildman–Crippen LogP) is 5.97. The molecule has 2 N–H and O–H groups in total. The van der Waals surface area contributed by atoms with E-state index < -0.39 is 23.7 Å². The molecule has 0 unspecified atom stereocenters. The maximum atomic E-state index is 13.3. The van der Waals surface area contributed by atoms with Crippen molar-refractivity contribution in [2.75, 3.05) is 52.5 Å². The van der Waals surface area contributed by atoms with Gasteiger partial charge in [0.05, 0.1) is 49.7 Å². The van der Waals surface area contributed by atoms with E-state index in [0.29, 0.717) is 49.5 Å². The van der Waals surface area contributed by atoms with E-state index in [0.717, 1.165) is 45.2 Å². The smallest absolute Gasteiger partial charge is 0.272 e. The van der Waals surface area contributed by atoms with Crippen molar-refractivity contribution in [3.05, 3.63) is 0 Å². The number of ether oxygens (including phenoxy) is 4. The molecular formula is C41H68F2N2O6. The van der Waals surface area contributed by atoms with Gasteiger partial charge in [-0.25, -0.2) is 8.78 Å². The molecule has 8 nitrogen and oxygen atoms in total. The minimum Gasteiger partial charge on any atom is -0.390 e. The van der Waals surface area contributed by atoms with Crippen LogP contribution in [-0.2, 0) is 18.9 Å². The molecule has 292 valence electrons. The molecule has 3 heterocycles. The van der Waals surface area contributed by atoms with Crippen molar-refractivity contribution < 1.29 is 37.9 Å². The summed E-state index contributed by atoms with van der Waals surface area (Å²) >= 11 is 0. The Morgan fingerprint density at radius 3 is 2.33 bits per heavy atom. The molecule has 3 saturated heterocycles. The maximum Gasteiger partial charge on any atom is 0.272 e. The average Bonchev–Trinajstić information content (AvgIpc) is 3.67. The van der Waals surface area contributed by atoms with Gasteiger partial charge < -0.3 is 29.2 Å². The molecule has 2 spiro atoms. The Balaban J connectivity index is 0.968. The zero-order chi connectivity index (χ0) is 36.6. The molecule has 51 heavy (non-hydrogen) atoms. The molecule has 14 atom stereocenters. The zero-order valence-electron chi connectivity index (χ0n) is 32.8. The van der Waals surface area contributed by atoms with E-state index in [1.807, 2.05) is 25.7 Å². The van der Waals surface area contributed by atoms with E-state index in [-0.39, 0.29) is 65.3 Å². The van der Waals surface area contributed by atoms with Crippen LogP contribution in [0.5, 0.6) is 0 Å². The van der Waals surface area contributed by atoms with E-state index in [1.165, 1.54) is 19.3 Å². The third kappa shape index (κ3) is 5.43. The number of aliphatic hydroxyl groups excluding tert-OH is 1. The monoisotopic (exact) mass is 723 g/mol. The van der Waals surface area contributed by atoms with Crippen LogP contribution in [0.1, 0.15) is 107 Å². The number of rotatable bonds is 9. The fourth-order valence-corrected chi connectivity index (χ4v) is 14.9. The first-order chi connectivity index (χ1) is 23.8. The highest BCUT2D eigenvalue weighted by atomic mass is 19.3. The zero-order valence-corrected chi connectivity index (χ0v) is 32.8. The third-order valence-electron chi connectivity index (χ3n) is 17.2. The van der Waals surface area contributed by atoms with Gasteiger partial charge in [-0.2, -0.15) is 0 Å². The van der Waals surface area contributed by atoms with Crippen molar-refractivity contribution in [1.82, 2.24) is 9.80 Å². The molecule has 0 aromatic heterocycles. The lowest BCUT2D eigenvalue weighted by Crippen LogP contribution is -2.60. The van der Waals surface area contributed by atoms with Gasteiger partial charge in [-0.3, -0.25) is 9.80 Å². The topological polar surface area (TPSA) is 83.9 Å². The SMILES string of the molecule is CCO[C@@H]([C@H]1C[C@@H](C)[C@H]2[C@H](O1)[C@H](O)[C@@]1(C)[C@@H]3CC[C@H]4C(C)(C)[C@@H](O[C@H]5CN(CCN6CC(F)(F)C6)CCO5)CC[C@@]45C[C@@]35CC[C@]21C)C(C)(C)O. The van der Waals surface area contributed by atoms with Crippen LogP contribution in [0.4, 0.5) is 8.78 Å². The Morgan fingerprint density at radius 2 is 1.65 bits per heavy atom. The summed E-state index contributed by atoms with van der Waals surface area (Å²) in [4.78, 5) is 4.16. The van der Waals surface area contributed by atoms with Crippen molar-refractivity contribution in [3.63, 3.8) is 0 Å². The Bertz CT molecular complexity index is 1320. The lowest BCUT2D eigenvalue weighted by molar-refractivity contribution is -0.249. The van der Waals surface area contributed by atoms with Crippen LogP contribution < -0.4 is 0 Å². The van der Waals surface area contributed by atoms with Gasteiger partial charge >= 0.3 is 0 Å². The molecule has 0 bridgehead atoms. The summed E-state index contributed by atoms with van der Waals surface area (Å²) < 4.78 is 52.8. The highest BCUT2D eigenvalue weighted by molar-refractivity contribution is 5.33. The maximum absolute atomic E-state index is 13.3. The summed E-state index contributed by atoms with van der Waals surface area (Å²) in [5.74, 6) is -0.844. The van der Waals surface area contributed by atoms with Gasteiger partial charge in [-0.05, 0) is 117 Å². The quantitative estimate of drug-likeness (QED) is 0.302. The molecule has 8 fully saturated rings. The van der Waals surface area contributed by atoms with Crippen molar-refractivity contribution in [2.45, 2.75) is 155 Å². The van der Waals surface area contributed by atoms with Gasteiger partial charge in [0.2, 0.25) is 0 Å². The summed E-state index contributed by atoms with van der Waals surface area (Å²) in [5.41, 5.74) is -0.726. The molecule has 10 heteroatoms. The molecule has 0 amide bonds. The van der Waals surface area contributed by atoms with Crippen molar-refractivity contribution in [2.24, 2.45) is 50.7 Å². The molecular weight excluding hydrogens is 654 g/mol. The molecule has 8 aliphatic rings. The van der Waals surface area contributed by atoms with Crippen LogP contribution in [0.2, 0.25) is 0 Å². The van der Waals surface area contributed by atoms with Crippen molar-refractivity contribution in [1.29, 1.82) is 0 Å². The van der Waals surface area contributed by atoms with Crippen LogP contribution in [0.25, 0.3) is 0 Å². The number of nitrogens with zero attached hydrogens (tertiary/aromatic N) is 2. The summed E-state index contributed by atoms with van der Waals surface area (Å²) in [6.07, 6.45) is 7.34. The standard InChI is InChI=1S/C41H68F2N2O6/c1-9-48-34(36(5,6)47)26-20-25(2)31-32(50-26)33(46)38(8)28-11-10-27-35(3,4)29(12-13-39(27)22-40(28,39)15-14-37(31,38)7)51-30-21-44(18-19-49-30)16-17-45-23-41(42,43)24-45/h25-34,46-47H,9-24H2,1-8H3/t25-,26-,27+,28+,29+,30+,31+,32+,33+,34+,37-,38-,39-,40+/m1/s1. The molecule has 0 aromatic carbocycles. The van der Waals surface area contributed by atoms with Crippen LogP contribution >= 0.6 is 0 Å². The van der Waals surface area contributed by atoms with Crippen molar-refractivity contribution >= 4 is 0 Å². The molecule has 0 aromatic rings. The van der Waals surface area contributed by atoms with Crippen LogP contribution in [0, 0.1) is 50.7 Å². The van der Waals surface area contributed by atoms with E-state index in [2.05, 4.69) is 39.5 Å². The molecule has 0 radical (unpaired) electrons. The highest BCUT2D eigenvalue weighted by Crippen LogP contribution is 2.89.